The Morgan fingerprint density at radius 2 is 1.96 bits per heavy atom. The minimum absolute atomic E-state index is 0.151. The van der Waals surface area contributed by atoms with Crippen LogP contribution >= 0.6 is 23.5 Å². The molecule has 2 aromatic rings. The molecule has 1 aliphatic rings. The second kappa shape index (κ2) is 7.79. The summed E-state index contributed by atoms with van der Waals surface area (Å²) in [6.45, 7) is 5.70. The van der Waals surface area contributed by atoms with Gasteiger partial charge in [0.05, 0.1) is 10.3 Å². The van der Waals surface area contributed by atoms with Gasteiger partial charge in [0.15, 0.2) is 5.69 Å². The third-order valence-corrected chi connectivity index (χ3v) is 6.04. The van der Waals surface area contributed by atoms with Gasteiger partial charge in [0, 0.05) is 12.0 Å². The molecule has 1 atom stereocenters. The molecule has 0 spiro atoms. The van der Waals surface area contributed by atoms with Gasteiger partial charge in [-0.2, -0.15) is 18.3 Å². The van der Waals surface area contributed by atoms with Crippen molar-refractivity contribution in [3.63, 3.8) is 0 Å². The molecule has 1 unspecified atom stereocenters. The Morgan fingerprint density at radius 1 is 1.26 bits per heavy atom. The second-order valence-corrected chi connectivity index (χ2v) is 9.12. The first-order valence-electron chi connectivity index (χ1n) is 8.46. The van der Waals surface area contributed by atoms with E-state index in [9.17, 15) is 13.2 Å². The van der Waals surface area contributed by atoms with Crippen LogP contribution in [-0.2, 0) is 11.0 Å². The molecule has 27 heavy (non-hydrogen) atoms. The van der Waals surface area contributed by atoms with E-state index in [1.54, 1.807) is 0 Å². The van der Waals surface area contributed by atoms with Crippen LogP contribution in [-0.4, -0.2) is 26.6 Å². The van der Waals surface area contributed by atoms with Gasteiger partial charge in [0.2, 0.25) is 0 Å². The average molecular weight is 416 g/mol. The van der Waals surface area contributed by atoms with E-state index in [-0.39, 0.29) is 5.56 Å². The van der Waals surface area contributed by atoms with Crippen LogP contribution in [0.1, 0.15) is 49.3 Å². The van der Waals surface area contributed by atoms with Crippen molar-refractivity contribution in [1.29, 1.82) is 0 Å². The Morgan fingerprint density at radius 3 is 2.52 bits per heavy atom. The Labute approximate surface area is 164 Å². The minimum Gasteiger partial charge on any atom is -0.389 e. The van der Waals surface area contributed by atoms with Gasteiger partial charge in [-0.3, -0.25) is 5.10 Å². The molecule has 0 saturated heterocycles. The van der Waals surface area contributed by atoms with Crippen molar-refractivity contribution in [1.82, 2.24) is 10.2 Å². The average Bonchev–Trinajstić information content (AvgIpc) is 3.16. The molecular weight excluding hydrogens is 395 g/mol. The molecule has 1 aromatic heterocycles. The molecule has 146 valence electrons. The summed E-state index contributed by atoms with van der Waals surface area (Å²) in [5.41, 5.74) is -0.412. The van der Waals surface area contributed by atoms with Crippen molar-refractivity contribution >= 4 is 28.6 Å². The number of H-pyrrole nitrogens is 1. The fourth-order valence-corrected chi connectivity index (χ4v) is 5.04. The van der Waals surface area contributed by atoms with Crippen LogP contribution in [0.25, 0.3) is 0 Å². The van der Waals surface area contributed by atoms with E-state index in [0.717, 1.165) is 5.56 Å². The number of benzene rings is 1. The summed E-state index contributed by atoms with van der Waals surface area (Å²) in [5.74, 6) is 0.635. The quantitative estimate of drug-likeness (QED) is 0.620. The number of halogens is 3. The second-order valence-electron chi connectivity index (χ2n) is 6.67. The first-order chi connectivity index (χ1) is 12.7. The Bertz CT molecular complexity index is 819. The number of rotatable bonds is 5. The van der Waals surface area contributed by atoms with Gasteiger partial charge < -0.3 is 4.84 Å². The number of aromatic amines is 1. The highest BCUT2D eigenvalue weighted by Crippen LogP contribution is 2.47. The molecular formula is C18H20F3N3OS2. The largest absolute Gasteiger partial charge is 0.435 e. The lowest BCUT2D eigenvalue weighted by Crippen LogP contribution is -2.18. The van der Waals surface area contributed by atoms with E-state index < -0.39 is 22.7 Å². The predicted octanol–water partition coefficient (Wildman–Crippen LogP) is 5.88. The highest BCUT2D eigenvalue weighted by atomic mass is 32.2. The van der Waals surface area contributed by atoms with E-state index in [4.69, 9.17) is 4.84 Å². The number of hydrogen-bond donors (Lipinski definition) is 1. The number of aromatic nitrogens is 2. The molecule has 0 saturated carbocycles. The number of nitrogens with one attached hydrogen (secondary N) is 1. The molecule has 0 aliphatic carbocycles. The fraction of sp³-hybridized carbons (Fsp3) is 0.444. The summed E-state index contributed by atoms with van der Waals surface area (Å²) in [6, 6.07) is 9.13. The summed E-state index contributed by atoms with van der Waals surface area (Å²) in [5, 5.41) is 10.8. The third-order valence-electron chi connectivity index (χ3n) is 3.92. The summed E-state index contributed by atoms with van der Waals surface area (Å²) < 4.78 is 41.0. The molecule has 9 heteroatoms. The first-order valence-corrected chi connectivity index (χ1v) is 10.3. The topological polar surface area (TPSA) is 50.3 Å². The first kappa shape index (κ1) is 20.1. The molecule has 0 bridgehead atoms. The molecule has 1 aliphatic heterocycles. The standard InChI is InChI=1S/C18H20F3N3OS2/c1-4-26-16-13(15(22-23-16)18(19,20)21)14(11-8-6-5-7-9-11)27-12-10-17(2,3)25-24-12/h5-9,14H,4,10H2,1-3H3,(H,22,23). The lowest BCUT2D eigenvalue weighted by molar-refractivity contribution is -0.141. The zero-order valence-corrected chi connectivity index (χ0v) is 16.8. The van der Waals surface area contributed by atoms with Crippen molar-refractivity contribution in [3.8, 4) is 0 Å². The van der Waals surface area contributed by atoms with Gasteiger partial charge in [-0.15, -0.1) is 11.8 Å². The Kier molecular flexibility index (Phi) is 5.81. The van der Waals surface area contributed by atoms with Crippen molar-refractivity contribution in [2.75, 3.05) is 5.75 Å². The van der Waals surface area contributed by atoms with Crippen molar-refractivity contribution in [3.05, 3.63) is 47.2 Å². The van der Waals surface area contributed by atoms with Gasteiger partial charge >= 0.3 is 6.18 Å². The van der Waals surface area contributed by atoms with Gasteiger partial charge in [-0.05, 0) is 25.2 Å². The summed E-state index contributed by atoms with van der Waals surface area (Å²) in [4.78, 5) is 5.40. The van der Waals surface area contributed by atoms with Crippen LogP contribution in [0.15, 0.2) is 40.5 Å². The number of alkyl halides is 3. The summed E-state index contributed by atoms with van der Waals surface area (Å²) in [7, 11) is 0. The van der Waals surface area contributed by atoms with Gasteiger partial charge in [0.25, 0.3) is 0 Å². The van der Waals surface area contributed by atoms with E-state index in [2.05, 4.69) is 15.4 Å². The predicted molar refractivity (Wildman–Crippen MR) is 103 cm³/mol. The Balaban J connectivity index is 2.07. The van der Waals surface area contributed by atoms with E-state index >= 15 is 0 Å². The van der Waals surface area contributed by atoms with Crippen LogP contribution in [0.3, 0.4) is 0 Å². The van der Waals surface area contributed by atoms with Crippen LogP contribution in [0.2, 0.25) is 0 Å². The molecule has 1 N–H and O–H groups in total. The highest BCUT2D eigenvalue weighted by Gasteiger charge is 2.42. The molecule has 1 aromatic carbocycles. The van der Waals surface area contributed by atoms with Crippen LogP contribution < -0.4 is 0 Å². The molecule has 3 rings (SSSR count). The van der Waals surface area contributed by atoms with Crippen LogP contribution in [0.4, 0.5) is 13.2 Å². The summed E-state index contributed by atoms with van der Waals surface area (Å²) in [6.07, 6.45) is -3.99. The monoisotopic (exact) mass is 415 g/mol. The maximum Gasteiger partial charge on any atom is 0.435 e. The number of thioether (sulfide) groups is 2. The molecule has 0 amide bonds. The lowest BCUT2D eigenvalue weighted by Gasteiger charge is -2.20. The van der Waals surface area contributed by atoms with Gasteiger partial charge in [-0.25, -0.2) is 0 Å². The Hall–Kier alpha value is -1.61. The SMILES string of the molecule is CCSc1[nH]nc(C(F)(F)F)c1C(SC1=NOC(C)(C)C1)c1ccccc1. The molecule has 2 heterocycles. The smallest absolute Gasteiger partial charge is 0.389 e. The van der Waals surface area contributed by atoms with Crippen LogP contribution in [0, 0.1) is 0 Å². The van der Waals surface area contributed by atoms with Crippen molar-refractivity contribution < 1.29 is 18.0 Å². The van der Waals surface area contributed by atoms with E-state index in [1.165, 1.54) is 23.5 Å². The number of nitrogens with zero attached hydrogens (tertiary/aromatic N) is 2. The zero-order valence-electron chi connectivity index (χ0n) is 15.1. The van der Waals surface area contributed by atoms with Crippen LogP contribution in [0.5, 0.6) is 0 Å². The summed E-state index contributed by atoms with van der Waals surface area (Å²) >= 11 is 2.60. The third kappa shape index (κ3) is 4.63. The molecule has 0 radical (unpaired) electrons. The normalized spacial score (nSPS) is 17.5. The zero-order chi connectivity index (χ0) is 19.7. The molecule has 4 nitrogen and oxygen atoms in total. The van der Waals surface area contributed by atoms with Gasteiger partial charge in [0.1, 0.15) is 10.6 Å². The fourth-order valence-electron chi connectivity index (χ4n) is 2.77. The van der Waals surface area contributed by atoms with E-state index in [0.29, 0.717) is 22.2 Å². The maximum atomic E-state index is 13.7. The van der Waals surface area contributed by atoms with Gasteiger partial charge in [-0.1, -0.05) is 54.2 Å². The van der Waals surface area contributed by atoms with Crippen molar-refractivity contribution in [2.45, 2.75) is 49.2 Å². The lowest BCUT2D eigenvalue weighted by atomic mass is 10.0. The van der Waals surface area contributed by atoms with Crippen molar-refractivity contribution in [2.24, 2.45) is 5.16 Å². The highest BCUT2D eigenvalue weighted by molar-refractivity contribution is 8.14. The molecule has 0 fully saturated rings. The van der Waals surface area contributed by atoms with E-state index in [1.807, 2.05) is 51.1 Å². The number of oxime groups is 1. The number of hydrogen-bond acceptors (Lipinski definition) is 5. The minimum atomic E-state index is -4.54. The maximum absolute atomic E-state index is 13.7.